The van der Waals surface area contributed by atoms with Gasteiger partial charge in [0.25, 0.3) is 5.56 Å². The Bertz CT molecular complexity index is 948. The molecular formula is C20H26FN3O3. The molecule has 2 aromatic rings. The van der Waals surface area contributed by atoms with E-state index in [4.69, 9.17) is 5.73 Å². The topological polar surface area (TPSA) is 88.0 Å². The molecule has 2 aromatic heterocycles. The predicted octanol–water partition coefficient (Wildman–Crippen LogP) is 2.89. The summed E-state index contributed by atoms with van der Waals surface area (Å²) in [5.74, 6) is -1.60. The third-order valence-corrected chi connectivity index (χ3v) is 5.24. The number of aromatic nitrogens is 1. The first kappa shape index (κ1) is 19.4. The second kappa shape index (κ2) is 7.31. The van der Waals surface area contributed by atoms with Gasteiger partial charge in [0.05, 0.1) is 17.4 Å². The van der Waals surface area contributed by atoms with Gasteiger partial charge in [0.1, 0.15) is 5.56 Å². The number of hydrogen-bond donors (Lipinski definition) is 2. The van der Waals surface area contributed by atoms with E-state index in [1.165, 1.54) is 10.5 Å². The van der Waals surface area contributed by atoms with E-state index in [0.717, 1.165) is 31.0 Å². The van der Waals surface area contributed by atoms with Gasteiger partial charge in [0.2, 0.25) is 0 Å². The van der Waals surface area contributed by atoms with Crippen LogP contribution in [0, 0.1) is 12.7 Å². The van der Waals surface area contributed by atoms with Crippen LogP contribution in [-0.2, 0) is 0 Å². The van der Waals surface area contributed by atoms with E-state index in [0.29, 0.717) is 29.9 Å². The van der Waals surface area contributed by atoms with Gasteiger partial charge in [-0.2, -0.15) is 0 Å². The van der Waals surface area contributed by atoms with Crippen LogP contribution in [-0.4, -0.2) is 34.6 Å². The number of pyridine rings is 2. The molecule has 1 aliphatic carbocycles. The molecule has 3 rings (SSSR count). The standard InChI is InChI=1S/C20H26FN3O3/c1-4-23(8-7-11(2)22)18-12(3)17-14(13-5-6-13)9-15(20(26)27)19(25)24(17)10-16(18)21/h9-11,13H,4-8,22H2,1-3H3,(H,26,27). The normalized spacial score (nSPS) is 15.1. The highest BCUT2D eigenvalue weighted by Gasteiger charge is 2.30. The average molecular weight is 375 g/mol. The van der Waals surface area contributed by atoms with E-state index < -0.39 is 17.3 Å². The quantitative estimate of drug-likeness (QED) is 0.777. The fourth-order valence-corrected chi connectivity index (χ4v) is 3.68. The van der Waals surface area contributed by atoms with Crippen LogP contribution in [0.3, 0.4) is 0 Å². The van der Waals surface area contributed by atoms with Gasteiger partial charge >= 0.3 is 5.97 Å². The molecule has 1 aliphatic rings. The highest BCUT2D eigenvalue weighted by atomic mass is 19.1. The molecular weight excluding hydrogens is 349 g/mol. The van der Waals surface area contributed by atoms with Crippen LogP contribution in [0.2, 0.25) is 0 Å². The zero-order valence-corrected chi connectivity index (χ0v) is 16.0. The van der Waals surface area contributed by atoms with Crippen molar-refractivity contribution in [3.63, 3.8) is 0 Å². The monoisotopic (exact) mass is 375 g/mol. The van der Waals surface area contributed by atoms with Gasteiger partial charge in [0.15, 0.2) is 5.82 Å². The van der Waals surface area contributed by atoms with Crippen LogP contribution < -0.4 is 16.2 Å². The lowest BCUT2D eigenvalue weighted by molar-refractivity contribution is 0.0694. The van der Waals surface area contributed by atoms with Crippen molar-refractivity contribution in [1.29, 1.82) is 0 Å². The fraction of sp³-hybridized carbons (Fsp3) is 0.500. The van der Waals surface area contributed by atoms with Crippen molar-refractivity contribution in [2.45, 2.75) is 52.0 Å². The number of anilines is 1. The molecule has 0 amide bonds. The molecule has 0 saturated heterocycles. The highest BCUT2D eigenvalue weighted by molar-refractivity contribution is 5.89. The van der Waals surface area contributed by atoms with Crippen LogP contribution in [0.5, 0.6) is 0 Å². The van der Waals surface area contributed by atoms with E-state index in [1.807, 2.05) is 18.7 Å². The lowest BCUT2D eigenvalue weighted by Gasteiger charge is -2.27. The zero-order chi connectivity index (χ0) is 19.9. The number of aryl methyl sites for hydroxylation is 1. The number of aromatic carboxylic acids is 1. The molecule has 6 nitrogen and oxygen atoms in total. The molecule has 1 fully saturated rings. The molecule has 0 aliphatic heterocycles. The van der Waals surface area contributed by atoms with Gasteiger partial charge in [-0.25, -0.2) is 9.18 Å². The van der Waals surface area contributed by atoms with Crippen LogP contribution in [0.1, 0.15) is 60.5 Å². The summed E-state index contributed by atoms with van der Waals surface area (Å²) in [6.07, 6.45) is 3.74. The van der Waals surface area contributed by atoms with Crippen LogP contribution in [0.15, 0.2) is 17.1 Å². The Morgan fingerprint density at radius 3 is 2.67 bits per heavy atom. The van der Waals surface area contributed by atoms with Crippen molar-refractivity contribution in [2.24, 2.45) is 5.73 Å². The summed E-state index contributed by atoms with van der Waals surface area (Å²) >= 11 is 0. The minimum absolute atomic E-state index is 0.00522. The SMILES string of the molecule is CCN(CCC(C)N)c1c(F)cn2c(=O)c(C(=O)O)cc(C3CC3)c2c1C. The fourth-order valence-electron chi connectivity index (χ4n) is 3.68. The van der Waals surface area contributed by atoms with Crippen molar-refractivity contribution >= 4 is 17.2 Å². The number of carboxylic acids is 1. The van der Waals surface area contributed by atoms with Gasteiger partial charge in [-0.15, -0.1) is 0 Å². The summed E-state index contributed by atoms with van der Waals surface area (Å²) in [6, 6.07) is 1.48. The van der Waals surface area contributed by atoms with E-state index in [9.17, 15) is 14.7 Å². The minimum Gasteiger partial charge on any atom is -0.477 e. The van der Waals surface area contributed by atoms with Crippen molar-refractivity contribution in [3.05, 3.63) is 45.1 Å². The maximum absolute atomic E-state index is 15.0. The molecule has 7 heteroatoms. The molecule has 0 spiro atoms. The summed E-state index contributed by atoms with van der Waals surface area (Å²) in [4.78, 5) is 26.0. The molecule has 2 heterocycles. The van der Waals surface area contributed by atoms with E-state index >= 15 is 4.39 Å². The molecule has 1 unspecified atom stereocenters. The van der Waals surface area contributed by atoms with Crippen molar-refractivity contribution in [2.75, 3.05) is 18.0 Å². The van der Waals surface area contributed by atoms with Gasteiger partial charge < -0.3 is 15.7 Å². The third kappa shape index (κ3) is 3.56. The molecule has 0 radical (unpaired) electrons. The molecule has 0 bridgehead atoms. The Labute approximate surface area is 157 Å². The first-order chi connectivity index (χ1) is 12.8. The molecule has 0 aromatic carbocycles. The van der Waals surface area contributed by atoms with Crippen LogP contribution in [0.25, 0.3) is 5.52 Å². The first-order valence-corrected chi connectivity index (χ1v) is 9.38. The lowest BCUT2D eigenvalue weighted by Crippen LogP contribution is -2.31. The maximum atomic E-state index is 15.0. The van der Waals surface area contributed by atoms with Crippen molar-refractivity contribution < 1.29 is 14.3 Å². The highest BCUT2D eigenvalue weighted by Crippen LogP contribution is 2.43. The van der Waals surface area contributed by atoms with Crippen LogP contribution in [0.4, 0.5) is 10.1 Å². The van der Waals surface area contributed by atoms with Crippen LogP contribution >= 0.6 is 0 Å². The summed E-state index contributed by atoms with van der Waals surface area (Å²) < 4.78 is 16.2. The molecule has 146 valence electrons. The Morgan fingerprint density at radius 1 is 1.48 bits per heavy atom. The number of fused-ring (bicyclic) bond motifs is 1. The minimum atomic E-state index is -1.29. The summed E-state index contributed by atoms with van der Waals surface area (Å²) in [6.45, 7) is 6.88. The number of nitrogens with two attached hydrogens (primary N) is 1. The van der Waals surface area contributed by atoms with E-state index in [1.54, 1.807) is 6.92 Å². The second-order valence-corrected chi connectivity index (χ2v) is 7.41. The van der Waals surface area contributed by atoms with Gasteiger partial charge in [-0.3, -0.25) is 9.20 Å². The maximum Gasteiger partial charge on any atom is 0.341 e. The number of rotatable bonds is 7. The molecule has 1 saturated carbocycles. The Morgan fingerprint density at radius 2 is 2.15 bits per heavy atom. The average Bonchev–Trinajstić information content (AvgIpc) is 3.43. The number of nitrogens with zero attached hydrogens (tertiary/aromatic N) is 2. The molecule has 27 heavy (non-hydrogen) atoms. The molecule has 3 N–H and O–H groups in total. The number of carbonyl (C=O) groups is 1. The third-order valence-electron chi connectivity index (χ3n) is 5.24. The van der Waals surface area contributed by atoms with Gasteiger partial charge in [-0.1, -0.05) is 0 Å². The zero-order valence-electron chi connectivity index (χ0n) is 16.0. The summed E-state index contributed by atoms with van der Waals surface area (Å²) in [5, 5.41) is 9.37. The Balaban J connectivity index is 2.26. The lowest BCUT2D eigenvalue weighted by atomic mass is 10.0. The summed E-state index contributed by atoms with van der Waals surface area (Å²) in [5.41, 5.74) is 7.41. The van der Waals surface area contributed by atoms with Crippen molar-refractivity contribution in [3.8, 4) is 0 Å². The largest absolute Gasteiger partial charge is 0.477 e. The number of halogens is 1. The van der Waals surface area contributed by atoms with E-state index in [2.05, 4.69) is 0 Å². The summed E-state index contributed by atoms with van der Waals surface area (Å²) in [7, 11) is 0. The first-order valence-electron chi connectivity index (χ1n) is 9.38. The number of carboxylic acid groups (broad SMARTS) is 1. The predicted molar refractivity (Wildman–Crippen MR) is 103 cm³/mol. The Kier molecular flexibility index (Phi) is 5.24. The number of hydrogen-bond acceptors (Lipinski definition) is 4. The Hall–Kier alpha value is -2.41. The van der Waals surface area contributed by atoms with Crippen molar-refractivity contribution in [1.82, 2.24) is 4.40 Å². The smallest absolute Gasteiger partial charge is 0.341 e. The second-order valence-electron chi connectivity index (χ2n) is 7.41. The van der Waals surface area contributed by atoms with Gasteiger partial charge in [-0.05, 0) is 63.1 Å². The van der Waals surface area contributed by atoms with E-state index in [-0.39, 0.29) is 17.5 Å². The van der Waals surface area contributed by atoms with Gasteiger partial charge in [0, 0.05) is 19.1 Å². The molecule has 1 atom stereocenters.